The fourth-order valence-electron chi connectivity index (χ4n) is 1.60. The van der Waals surface area contributed by atoms with Crippen molar-refractivity contribution in [2.24, 2.45) is 5.92 Å². The molecule has 1 unspecified atom stereocenters. The normalized spacial score (nSPS) is 12.3. The molecule has 0 aliphatic carbocycles. The molecule has 21 heavy (non-hydrogen) atoms. The van der Waals surface area contributed by atoms with Crippen LogP contribution in [-0.4, -0.2) is 47.9 Å². The summed E-state index contributed by atoms with van der Waals surface area (Å²) in [6.45, 7) is 10.2. The molecule has 0 aliphatic rings. The number of ether oxygens (including phenoxy) is 2. The van der Waals surface area contributed by atoms with E-state index in [0.717, 1.165) is 6.42 Å². The Kier molecular flexibility index (Phi) is 7.74. The summed E-state index contributed by atoms with van der Waals surface area (Å²) in [6.07, 6.45) is 0.905. The van der Waals surface area contributed by atoms with Crippen molar-refractivity contribution < 1.29 is 9.47 Å². The summed E-state index contributed by atoms with van der Waals surface area (Å²) in [5, 5.41) is 6.21. The highest BCUT2D eigenvalue weighted by atomic mass is 16.5. The van der Waals surface area contributed by atoms with Crippen molar-refractivity contribution >= 4 is 11.9 Å². The number of anilines is 2. The zero-order chi connectivity index (χ0) is 15.7. The number of rotatable bonds is 10. The Hall–Kier alpha value is -1.63. The van der Waals surface area contributed by atoms with Crippen LogP contribution in [0.5, 0.6) is 6.01 Å². The Bertz CT molecular complexity index is 414. The van der Waals surface area contributed by atoms with Gasteiger partial charge in [-0.3, -0.25) is 0 Å². The first kappa shape index (κ1) is 17.4. The highest BCUT2D eigenvalue weighted by Crippen LogP contribution is 2.14. The number of nitrogens with one attached hydrogen (secondary N) is 2. The molecule has 7 heteroatoms. The summed E-state index contributed by atoms with van der Waals surface area (Å²) < 4.78 is 11.0. The summed E-state index contributed by atoms with van der Waals surface area (Å²) in [7, 11) is 1.77. The van der Waals surface area contributed by atoms with Crippen LogP contribution in [0, 0.1) is 5.92 Å². The van der Waals surface area contributed by atoms with Crippen molar-refractivity contribution in [3.05, 3.63) is 0 Å². The van der Waals surface area contributed by atoms with Gasteiger partial charge in [-0.2, -0.15) is 15.0 Å². The van der Waals surface area contributed by atoms with Gasteiger partial charge in [0.25, 0.3) is 0 Å². The average molecular weight is 297 g/mol. The van der Waals surface area contributed by atoms with Gasteiger partial charge in [-0.05, 0) is 19.3 Å². The van der Waals surface area contributed by atoms with E-state index in [1.807, 2.05) is 13.8 Å². The van der Waals surface area contributed by atoms with Crippen molar-refractivity contribution in [2.45, 2.75) is 40.2 Å². The monoisotopic (exact) mass is 297 g/mol. The quantitative estimate of drug-likeness (QED) is 0.685. The van der Waals surface area contributed by atoms with Gasteiger partial charge in [0.15, 0.2) is 0 Å². The van der Waals surface area contributed by atoms with Crippen LogP contribution in [0.4, 0.5) is 11.9 Å². The Morgan fingerprint density at radius 3 is 2.38 bits per heavy atom. The van der Waals surface area contributed by atoms with Crippen molar-refractivity contribution in [2.75, 3.05) is 37.5 Å². The van der Waals surface area contributed by atoms with Crippen molar-refractivity contribution in [3.63, 3.8) is 0 Å². The average Bonchev–Trinajstić information content (AvgIpc) is 2.48. The van der Waals surface area contributed by atoms with E-state index in [9.17, 15) is 0 Å². The van der Waals surface area contributed by atoms with Gasteiger partial charge in [0.05, 0.1) is 19.3 Å². The van der Waals surface area contributed by atoms with Gasteiger partial charge in [0.2, 0.25) is 11.9 Å². The van der Waals surface area contributed by atoms with Gasteiger partial charge < -0.3 is 20.1 Å². The molecule has 7 nitrogen and oxygen atoms in total. The summed E-state index contributed by atoms with van der Waals surface area (Å²) in [5.41, 5.74) is 0. The standard InChI is InChI=1S/C14H27N5O2/c1-6-8-21-14-18-12(15-5)17-13(19-14)16-11(10(3)4)9-20-7-2/h10-11H,6-9H2,1-5H3,(H2,15,16,17,18,19). The second-order valence-corrected chi connectivity index (χ2v) is 5.02. The molecule has 0 spiro atoms. The highest BCUT2D eigenvalue weighted by molar-refractivity contribution is 5.36. The fourth-order valence-corrected chi connectivity index (χ4v) is 1.60. The first-order valence-corrected chi connectivity index (χ1v) is 7.51. The molecule has 1 aromatic rings. The summed E-state index contributed by atoms with van der Waals surface area (Å²) in [4.78, 5) is 12.8. The molecule has 1 aromatic heterocycles. The number of nitrogens with zero attached hydrogens (tertiary/aromatic N) is 3. The highest BCUT2D eigenvalue weighted by Gasteiger charge is 2.16. The van der Waals surface area contributed by atoms with Gasteiger partial charge in [-0.25, -0.2) is 0 Å². The molecule has 0 radical (unpaired) electrons. The Balaban J connectivity index is 2.83. The number of hydrogen-bond donors (Lipinski definition) is 2. The number of hydrogen-bond acceptors (Lipinski definition) is 7. The zero-order valence-corrected chi connectivity index (χ0v) is 13.6. The first-order valence-electron chi connectivity index (χ1n) is 7.51. The maximum absolute atomic E-state index is 5.50. The topological polar surface area (TPSA) is 81.2 Å². The molecule has 2 N–H and O–H groups in total. The van der Waals surface area contributed by atoms with Crippen molar-refractivity contribution in [3.8, 4) is 6.01 Å². The van der Waals surface area contributed by atoms with Crippen LogP contribution in [0.15, 0.2) is 0 Å². The Labute approximate surface area is 126 Å². The lowest BCUT2D eigenvalue weighted by molar-refractivity contribution is 0.126. The molecular formula is C14H27N5O2. The molecule has 0 aromatic carbocycles. The first-order chi connectivity index (χ1) is 10.1. The molecule has 0 amide bonds. The molecule has 120 valence electrons. The molecule has 1 heterocycles. The van der Waals surface area contributed by atoms with E-state index in [1.54, 1.807) is 7.05 Å². The van der Waals surface area contributed by atoms with Gasteiger partial charge in [-0.15, -0.1) is 0 Å². The van der Waals surface area contributed by atoms with Crippen LogP contribution in [0.3, 0.4) is 0 Å². The van der Waals surface area contributed by atoms with E-state index < -0.39 is 0 Å². The fraction of sp³-hybridized carbons (Fsp3) is 0.786. The third-order valence-electron chi connectivity index (χ3n) is 2.89. The molecular weight excluding hydrogens is 270 g/mol. The smallest absolute Gasteiger partial charge is 0.323 e. The molecule has 1 atom stereocenters. The number of aromatic nitrogens is 3. The van der Waals surface area contributed by atoms with E-state index in [0.29, 0.717) is 43.6 Å². The summed E-state index contributed by atoms with van der Waals surface area (Å²) in [6, 6.07) is 0.466. The minimum Gasteiger partial charge on any atom is -0.463 e. The lowest BCUT2D eigenvalue weighted by Gasteiger charge is -2.22. The van der Waals surface area contributed by atoms with Crippen LogP contribution in [0.2, 0.25) is 0 Å². The van der Waals surface area contributed by atoms with Gasteiger partial charge in [-0.1, -0.05) is 20.8 Å². The third-order valence-corrected chi connectivity index (χ3v) is 2.89. The minimum atomic E-state index is 0.135. The largest absolute Gasteiger partial charge is 0.463 e. The summed E-state index contributed by atoms with van der Waals surface area (Å²) >= 11 is 0. The maximum Gasteiger partial charge on any atom is 0.323 e. The van der Waals surface area contributed by atoms with Crippen molar-refractivity contribution in [1.29, 1.82) is 0 Å². The minimum absolute atomic E-state index is 0.135. The Morgan fingerprint density at radius 1 is 1.10 bits per heavy atom. The zero-order valence-electron chi connectivity index (χ0n) is 13.6. The predicted octanol–water partition coefficient (Wildman–Crippen LogP) is 2.18. The Morgan fingerprint density at radius 2 is 1.81 bits per heavy atom. The van der Waals surface area contributed by atoms with E-state index in [2.05, 4.69) is 39.4 Å². The van der Waals surface area contributed by atoms with E-state index in [4.69, 9.17) is 9.47 Å². The molecule has 0 saturated carbocycles. The molecule has 0 aliphatic heterocycles. The second kappa shape index (κ2) is 9.33. The molecule has 1 rings (SSSR count). The van der Waals surface area contributed by atoms with Crippen LogP contribution in [0.25, 0.3) is 0 Å². The van der Waals surface area contributed by atoms with Crippen LogP contribution in [-0.2, 0) is 4.74 Å². The van der Waals surface area contributed by atoms with Crippen molar-refractivity contribution in [1.82, 2.24) is 15.0 Å². The van der Waals surface area contributed by atoms with Crippen LogP contribution >= 0.6 is 0 Å². The third kappa shape index (κ3) is 6.12. The van der Waals surface area contributed by atoms with Crippen LogP contribution < -0.4 is 15.4 Å². The van der Waals surface area contributed by atoms with E-state index in [1.165, 1.54) is 0 Å². The van der Waals surface area contributed by atoms with E-state index >= 15 is 0 Å². The van der Waals surface area contributed by atoms with E-state index in [-0.39, 0.29) is 6.04 Å². The lowest BCUT2D eigenvalue weighted by atomic mass is 10.1. The lowest BCUT2D eigenvalue weighted by Crippen LogP contribution is -2.32. The molecule has 0 fully saturated rings. The van der Waals surface area contributed by atoms with Gasteiger partial charge in [0, 0.05) is 13.7 Å². The van der Waals surface area contributed by atoms with Crippen LogP contribution in [0.1, 0.15) is 34.1 Å². The molecule has 0 bridgehead atoms. The SMILES string of the molecule is CCCOc1nc(NC)nc(NC(COCC)C(C)C)n1. The maximum atomic E-state index is 5.50. The van der Waals surface area contributed by atoms with Gasteiger partial charge >= 0.3 is 6.01 Å². The van der Waals surface area contributed by atoms with Gasteiger partial charge in [0.1, 0.15) is 0 Å². The second-order valence-electron chi connectivity index (χ2n) is 5.02. The summed E-state index contributed by atoms with van der Waals surface area (Å²) in [5.74, 6) is 1.38. The molecule has 0 saturated heterocycles. The predicted molar refractivity (Wildman–Crippen MR) is 83.9 cm³/mol.